The molecule has 1 aliphatic rings. The highest BCUT2D eigenvalue weighted by Crippen LogP contribution is 2.32. The molecule has 4 atom stereocenters. The summed E-state index contributed by atoms with van der Waals surface area (Å²) in [5, 5.41) is 24.4. The number of carbonyl (C=O) groups excluding carboxylic acids is 1. The third-order valence-electron chi connectivity index (χ3n) is 5.60. The number of imidazole rings is 1. The lowest BCUT2D eigenvalue weighted by molar-refractivity contribution is -0.124. The van der Waals surface area contributed by atoms with Crippen LogP contribution in [0.25, 0.3) is 11.2 Å². The zero-order valence-electron chi connectivity index (χ0n) is 17.0. The van der Waals surface area contributed by atoms with Gasteiger partial charge >= 0.3 is 0 Å². The van der Waals surface area contributed by atoms with Crippen LogP contribution in [0.3, 0.4) is 0 Å². The Hall–Kier alpha value is -3.04. The van der Waals surface area contributed by atoms with Gasteiger partial charge in [0.25, 0.3) is 0 Å². The van der Waals surface area contributed by atoms with Gasteiger partial charge in [-0.1, -0.05) is 30.3 Å². The highest BCUT2D eigenvalue weighted by molar-refractivity contribution is 5.83. The standard InChI is InChI=1S/C21H26N6O3/c1-26(2)20-17-21(23-11-22-20)27(12-24-17)15-9-8-14(18(29)19(15)30)25-16(28)10-13-6-4-3-5-7-13/h3-7,11-12,14-15,18-19,29-30H,8-10H2,1-2H3,(H,25,28)/t14-,15-,18+,19+/m1/s1. The minimum atomic E-state index is -1.09. The van der Waals surface area contributed by atoms with Crippen molar-refractivity contribution < 1.29 is 15.0 Å². The largest absolute Gasteiger partial charge is 0.388 e. The van der Waals surface area contributed by atoms with Crippen LogP contribution in [0.4, 0.5) is 5.82 Å². The lowest BCUT2D eigenvalue weighted by atomic mass is 9.85. The Bertz CT molecular complexity index is 1020. The van der Waals surface area contributed by atoms with Crippen LogP contribution in [0.2, 0.25) is 0 Å². The Kier molecular flexibility index (Phi) is 5.65. The summed E-state index contributed by atoms with van der Waals surface area (Å²) in [7, 11) is 3.76. The second-order valence-electron chi connectivity index (χ2n) is 7.88. The maximum absolute atomic E-state index is 12.4. The van der Waals surface area contributed by atoms with Crippen molar-refractivity contribution in [3.63, 3.8) is 0 Å². The van der Waals surface area contributed by atoms with E-state index in [0.29, 0.717) is 29.8 Å². The monoisotopic (exact) mass is 410 g/mol. The van der Waals surface area contributed by atoms with Crippen LogP contribution in [0, 0.1) is 0 Å². The number of nitrogens with one attached hydrogen (secondary N) is 1. The Morgan fingerprint density at radius 1 is 1.13 bits per heavy atom. The first-order valence-electron chi connectivity index (χ1n) is 10.00. The van der Waals surface area contributed by atoms with Crippen LogP contribution in [0.15, 0.2) is 43.0 Å². The van der Waals surface area contributed by atoms with Crippen LogP contribution in [-0.2, 0) is 11.2 Å². The molecule has 9 nitrogen and oxygen atoms in total. The SMILES string of the molecule is CN(C)c1ncnc2c1ncn2[C@@H]1CC[C@@H](NC(=O)Cc2ccccc2)[C@H](O)[C@H]1O. The smallest absolute Gasteiger partial charge is 0.224 e. The van der Waals surface area contributed by atoms with Crippen LogP contribution >= 0.6 is 0 Å². The van der Waals surface area contributed by atoms with E-state index >= 15 is 0 Å². The second-order valence-corrected chi connectivity index (χ2v) is 7.88. The minimum absolute atomic E-state index is 0.174. The van der Waals surface area contributed by atoms with Gasteiger partial charge in [0.15, 0.2) is 17.0 Å². The van der Waals surface area contributed by atoms with E-state index in [4.69, 9.17) is 0 Å². The zero-order valence-corrected chi connectivity index (χ0v) is 17.0. The van der Waals surface area contributed by atoms with E-state index in [1.54, 1.807) is 10.9 Å². The molecule has 4 rings (SSSR count). The molecule has 2 heterocycles. The minimum Gasteiger partial charge on any atom is -0.388 e. The summed E-state index contributed by atoms with van der Waals surface area (Å²) >= 11 is 0. The number of nitrogens with zero attached hydrogens (tertiary/aromatic N) is 5. The van der Waals surface area contributed by atoms with Crippen LogP contribution in [0.5, 0.6) is 0 Å². The molecule has 1 fully saturated rings. The van der Waals surface area contributed by atoms with E-state index in [0.717, 1.165) is 5.56 Å². The van der Waals surface area contributed by atoms with E-state index in [1.807, 2.05) is 49.3 Å². The van der Waals surface area contributed by atoms with E-state index < -0.39 is 24.3 Å². The van der Waals surface area contributed by atoms with E-state index in [9.17, 15) is 15.0 Å². The van der Waals surface area contributed by atoms with Gasteiger partial charge in [-0.2, -0.15) is 0 Å². The molecule has 0 saturated heterocycles. The maximum atomic E-state index is 12.4. The average Bonchev–Trinajstić information content (AvgIpc) is 3.16. The molecule has 30 heavy (non-hydrogen) atoms. The van der Waals surface area contributed by atoms with Crippen LogP contribution < -0.4 is 10.2 Å². The van der Waals surface area contributed by atoms with Crippen molar-refractivity contribution in [1.82, 2.24) is 24.8 Å². The number of aliphatic hydroxyl groups is 2. The first-order chi connectivity index (χ1) is 14.5. The fourth-order valence-corrected chi connectivity index (χ4v) is 4.07. The van der Waals surface area contributed by atoms with Gasteiger partial charge < -0.3 is 25.0 Å². The number of hydrogen-bond donors (Lipinski definition) is 3. The Morgan fingerprint density at radius 2 is 1.90 bits per heavy atom. The lowest BCUT2D eigenvalue weighted by Crippen LogP contribution is -2.54. The molecule has 158 valence electrons. The topological polar surface area (TPSA) is 116 Å². The molecule has 1 aromatic carbocycles. The number of amides is 1. The molecule has 2 aromatic heterocycles. The summed E-state index contributed by atoms with van der Waals surface area (Å²) in [5.41, 5.74) is 2.15. The van der Waals surface area contributed by atoms with Crippen molar-refractivity contribution in [3.05, 3.63) is 48.5 Å². The molecular weight excluding hydrogens is 384 g/mol. The first kappa shape index (κ1) is 20.2. The van der Waals surface area contributed by atoms with E-state index in [2.05, 4.69) is 20.3 Å². The van der Waals surface area contributed by atoms with Crippen molar-refractivity contribution in [2.75, 3.05) is 19.0 Å². The predicted octanol–water partition coefficient (Wildman–Crippen LogP) is 0.676. The van der Waals surface area contributed by atoms with Crippen molar-refractivity contribution in [3.8, 4) is 0 Å². The van der Waals surface area contributed by atoms with Gasteiger partial charge in [-0.15, -0.1) is 0 Å². The quantitative estimate of drug-likeness (QED) is 0.566. The number of carbonyl (C=O) groups is 1. The molecule has 1 saturated carbocycles. The number of benzene rings is 1. The molecule has 3 N–H and O–H groups in total. The summed E-state index contributed by atoms with van der Waals surface area (Å²) in [5.74, 6) is 0.517. The predicted molar refractivity (Wildman–Crippen MR) is 112 cm³/mol. The van der Waals surface area contributed by atoms with Gasteiger partial charge in [0.2, 0.25) is 5.91 Å². The highest BCUT2D eigenvalue weighted by Gasteiger charge is 2.39. The fraction of sp³-hybridized carbons (Fsp3) is 0.429. The Balaban J connectivity index is 1.47. The van der Waals surface area contributed by atoms with Gasteiger partial charge in [0.05, 0.1) is 24.8 Å². The van der Waals surface area contributed by atoms with Gasteiger partial charge in [-0.3, -0.25) is 4.79 Å². The summed E-state index contributed by atoms with van der Waals surface area (Å²) in [6, 6.07) is 8.53. The second kappa shape index (κ2) is 8.37. The van der Waals surface area contributed by atoms with Gasteiger partial charge in [0.1, 0.15) is 18.5 Å². The third-order valence-corrected chi connectivity index (χ3v) is 5.60. The molecule has 1 aliphatic carbocycles. The number of anilines is 1. The molecule has 0 radical (unpaired) electrons. The molecule has 0 aliphatic heterocycles. The van der Waals surface area contributed by atoms with E-state index in [1.165, 1.54) is 6.33 Å². The van der Waals surface area contributed by atoms with Crippen molar-refractivity contribution in [2.24, 2.45) is 0 Å². The van der Waals surface area contributed by atoms with E-state index in [-0.39, 0.29) is 12.3 Å². The van der Waals surface area contributed by atoms with Gasteiger partial charge in [-0.25, -0.2) is 15.0 Å². The van der Waals surface area contributed by atoms with Gasteiger partial charge in [-0.05, 0) is 18.4 Å². The average molecular weight is 410 g/mol. The summed E-state index contributed by atoms with van der Waals surface area (Å²) in [6.07, 6.45) is 2.29. The molecular formula is C21H26N6O3. The fourth-order valence-electron chi connectivity index (χ4n) is 4.07. The van der Waals surface area contributed by atoms with Crippen molar-refractivity contribution in [2.45, 2.75) is 43.6 Å². The molecule has 1 amide bonds. The highest BCUT2D eigenvalue weighted by atomic mass is 16.3. The number of aliphatic hydroxyl groups excluding tert-OH is 2. The van der Waals surface area contributed by atoms with Crippen molar-refractivity contribution in [1.29, 1.82) is 0 Å². The first-order valence-corrected chi connectivity index (χ1v) is 10.00. The maximum Gasteiger partial charge on any atom is 0.224 e. The van der Waals surface area contributed by atoms with Crippen LogP contribution in [-0.4, -0.2) is 68.0 Å². The summed E-state index contributed by atoms with van der Waals surface area (Å²) in [6.45, 7) is 0. The molecule has 0 bridgehead atoms. The molecule has 0 spiro atoms. The number of aromatic nitrogens is 4. The zero-order chi connectivity index (χ0) is 21.3. The molecule has 0 unspecified atom stereocenters. The number of rotatable bonds is 5. The number of fused-ring (bicyclic) bond motifs is 1. The van der Waals surface area contributed by atoms with Crippen LogP contribution in [0.1, 0.15) is 24.4 Å². The Morgan fingerprint density at radius 3 is 2.63 bits per heavy atom. The molecule has 3 aromatic rings. The third kappa shape index (κ3) is 3.86. The number of hydrogen-bond acceptors (Lipinski definition) is 7. The summed E-state index contributed by atoms with van der Waals surface area (Å²) in [4.78, 5) is 27.2. The van der Waals surface area contributed by atoms with Gasteiger partial charge in [0, 0.05) is 14.1 Å². The Labute approximate surface area is 174 Å². The lowest BCUT2D eigenvalue weighted by Gasteiger charge is -2.38. The van der Waals surface area contributed by atoms with Crippen molar-refractivity contribution >= 4 is 22.9 Å². The normalized spacial score (nSPS) is 24.0. The summed E-state index contributed by atoms with van der Waals surface area (Å²) < 4.78 is 1.79. The molecule has 9 heteroatoms.